The third-order valence-electron chi connectivity index (χ3n) is 3.49. The summed E-state index contributed by atoms with van der Waals surface area (Å²) in [7, 11) is 0. The second-order valence-electron chi connectivity index (χ2n) is 6.49. The molecule has 1 aliphatic rings. The number of aromatic nitrogens is 1. The first-order valence-electron chi connectivity index (χ1n) is 7.58. The molecule has 1 saturated heterocycles. The topological polar surface area (TPSA) is 75.9 Å². The second-order valence-corrected chi connectivity index (χ2v) is 7.17. The number of alkyl halides is 1. The lowest BCUT2D eigenvalue weighted by Crippen LogP contribution is -2.37. The third-order valence-corrected chi connectivity index (χ3v) is 4.31. The van der Waals surface area contributed by atoms with Crippen molar-refractivity contribution in [3.63, 3.8) is 0 Å². The van der Waals surface area contributed by atoms with Gasteiger partial charge in [-0.2, -0.15) is 0 Å². The fourth-order valence-electron chi connectivity index (χ4n) is 2.21. The lowest BCUT2D eigenvalue weighted by atomic mass is 9.93. The summed E-state index contributed by atoms with van der Waals surface area (Å²) in [6, 6.07) is 1.50. The zero-order valence-corrected chi connectivity index (χ0v) is 16.0. The molecule has 2 amide bonds. The number of anilines is 1. The molecule has 128 valence electrons. The molecule has 1 fully saturated rings. The molecule has 0 aromatic carbocycles. The van der Waals surface area contributed by atoms with E-state index in [2.05, 4.69) is 27.7 Å². The van der Waals surface area contributed by atoms with Crippen LogP contribution in [-0.2, 0) is 14.9 Å². The highest BCUT2D eigenvalue weighted by Gasteiger charge is 2.42. The Morgan fingerprint density at radius 2 is 2.22 bits per heavy atom. The maximum Gasteiger partial charge on any atom is 0.329 e. The Morgan fingerprint density at radius 3 is 2.74 bits per heavy atom. The number of rotatable bonds is 5. The van der Waals surface area contributed by atoms with E-state index in [1.807, 2.05) is 27.7 Å². The van der Waals surface area contributed by atoms with Gasteiger partial charge in [-0.15, -0.1) is 0 Å². The number of nitrogens with zero attached hydrogens (tertiary/aromatic N) is 3. The van der Waals surface area contributed by atoms with E-state index >= 15 is 0 Å². The molecule has 1 aromatic rings. The Bertz CT molecular complexity index is 582. The van der Waals surface area contributed by atoms with Gasteiger partial charge in [-0.3, -0.25) is 4.79 Å². The van der Waals surface area contributed by atoms with Crippen molar-refractivity contribution < 1.29 is 18.8 Å². The van der Waals surface area contributed by atoms with Crippen LogP contribution in [0.1, 0.15) is 46.3 Å². The molecule has 2 heterocycles. The van der Waals surface area contributed by atoms with Crippen LogP contribution in [-0.4, -0.2) is 39.4 Å². The van der Waals surface area contributed by atoms with Crippen molar-refractivity contribution in [1.82, 2.24) is 10.1 Å². The normalized spacial score (nSPS) is 18.7. The van der Waals surface area contributed by atoms with Gasteiger partial charge in [0.15, 0.2) is 5.82 Å². The van der Waals surface area contributed by atoms with Crippen LogP contribution in [0.25, 0.3) is 0 Å². The van der Waals surface area contributed by atoms with Crippen molar-refractivity contribution in [2.75, 3.05) is 16.0 Å². The van der Waals surface area contributed by atoms with Gasteiger partial charge in [0.2, 0.25) is 6.23 Å². The first kappa shape index (κ1) is 18.0. The maximum absolute atomic E-state index is 12.5. The van der Waals surface area contributed by atoms with Gasteiger partial charge in [-0.25, -0.2) is 9.69 Å². The number of esters is 1. The van der Waals surface area contributed by atoms with Crippen LogP contribution in [0.4, 0.5) is 10.6 Å². The molecule has 7 nitrogen and oxygen atoms in total. The smallest absolute Gasteiger partial charge is 0.329 e. The van der Waals surface area contributed by atoms with Crippen molar-refractivity contribution in [1.29, 1.82) is 0 Å². The average molecular weight is 435 g/mol. The highest BCUT2D eigenvalue weighted by molar-refractivity contribution is 14.1. The molecular formula is C15H22IN3O4. The molecule has 1 aliphatic heterocycles. The first-order valence-corrected chi connectivity index (χ1v) is 9.11. The van der Waals surface area contributed by atoms with Crippen molar-refractivity contribution in [2.24, 2.45) is 0 Å². The van der Waals surface area contributed by atoms with Crippen molar-refractivity contribution in [2.45, 2.75) is 52.2 Å². The van der Waals surface area contributed by atoms with Crippen LogP contribution in [0.2, 0.25) is 0 Å². The van der Waals surface area contributed by atoms with E-state index in [9.17, 15) is 9.59 Å². The average Bonchev–Trinajstić information content (AvgIpc) is 3.03. The fourth-order valence-corrected chi connectivity index (χ4v) is 2.78. The number of urea groups is 1. The van der Waals surface area contributed by atoms with Gasteiger partial charge in [-0.05, 0) is 6.42 Å². The van der Waals surface area contributed by atoms with Crippen LogP contribution in [0.5, 0.6) is 0 Å². The Kier molecular flexibility index (Phi) is 5.53. The minimum atomic E-state index is -0.672. The molecule has 0 bridgehead atoms. The Morgan fingerprint density at radius 1 is 1.52 bits per heavy atom. The van der Waals surface area contributed by atoms with E-state index in [0.717, 1.165) is 0 Å². The van der Waals surface area contributed by atoms with Gasteiger partial charge >= 0.3 is 12.0 Å². The molecular weight excluding hydrogens is 413 g/mol. The van der Waals surface area contributed by atoms with E-state index in [4.69, 9.17) is 9.26 Å². The zero-order valence-electron chi connectivity index (χ0n) is 13.8. The molecule has 8 heteroatoms. The van der Waals surface area contributed by atoms with Gasteiger partial charge in [0.1, 0.15) is 5.76 Å². The summed E-state index contributed by atoms with van der Waals surface area (Å²) < 4.78 is 11.3. The summed E-state index contributed by atoms with van der Waals surface area (Å²) in [5, 5.41) is 4.00. The van der Waals surface area contributed by atoms with E-state index < -0.39 is 6.23 Å². The minimum Gasteiger partial charge on any atom is -0.439 e. The van der Waals surface area contributed by atoms with E-state index in [1.54, 1.807) is 11.0 Å². The van der Waals surface area contributed by atoms with Gasteiger partial charge in [0.25, 0.3) is 0 Å². The van der Waals surface area contributed by atoms with Crippen LogP contribution in [0.15, 0.2) is 10.6 Å². The highest BCUT2D eigenvalue weighted by Crippen LogP contribution is 2.30. The Balaban J connectivity index is 2.25. The molecule has 0 saturated carbocycles. The number of ether oxygens (including phenoxy) is 1. The lowest BCUT2D eigenvalue weighted by Gasteiger charge is -2.20. The number of hydrogen-bond acceptors (Lipinski definition) is 5. The third kappa shape index (κ3) is 3.96. The van der Waals surface area contributed by atoms with Gasteiger partial charge < -0.3 is 14.2 Å². The lowest BCUT2D eigenvalue weighted by molar-refractivity contribution is -0.148. The van der Waals surface area contributed by atoms with Gasteiger partial charge in [0.05, 0.1) is 11.1 Å². The number of amides is 2. The second kappa shape index (κ2) is 7.06. The summed E-state index contributed by atoms with van der Waals surface area (Å²) in [5.74, 6) is 0.735. The quantitative estimate of drug-likeness (QED) is 0.307. The van der Waals surface area contributed by atoms with Crippen LogP contribution >= 0.6 is 22.6 Å². The predicted molar refractivity (Wildman–Crippen MR) is 93.5 cm³/mol. The summed E-state index contributed by atoms with van der Waals surface area (Å²) >= 11 is 2.11. The van der Waals surface area contributed by atoms with E-state index in [-0.39, 0.29) is 17.4 Å². The molecule has 2 rings (SSSR count). The SMILES string of the molecule is CCCC(=O)OC1CN(CI)C(=O)N1c1cc(C(C)(C)C)on1. The van der Waals surface area contributed by atoms with Crippen molar-refractivity contribution >= 4 is 40.4 Å². The van der Waals surface area contributed by atoms with E-state index in [1.165, 1.54) is 4.90 Å². The molecule has 1 aromatic heterocycles. The van der Waals surface area contributed by atoms with Crippen molar-refractivity contribution in [3.05, 3.63) is 11.8 Å². The number of hydrogen-bond donors (Lipinski definition) is 0. The Hall–Kier alpha value is -1.32. The standard InChI is InChI=1S/C15H22IN3O4/c1-5-6-13(20)22-12-8-18(9-16)14(21)19(12)11-7-10(23-17-11)15(2,3)4/h7,12H,5-6,8-9H2,1-4H3. The van der Waals surface area contributed by atoms with E-state index in [0.29, 0.717) is 35.5 Å². The predicted octanol–water partition coefficient (Wildman–Crippen LogP) is 3.28. The Labute approximate surface area is 149 Å². The summed E-state index contributed by atoms with van der Waals surface area (Å²) in [6.07, 6.45) is 0.358. The van der Waals surface area contributed by atoms with Crippen molar-refractivity contribution in [3.8, 4) is 0 Å². The molecule has 0 N–H and O–H groups in total. The largest absolute Gasteiger partial charge is 0.439 e. The van der Waals surface area contributed by atoms with Crippen LogP contribution in [0, 0.1) is 0 Å². The van der Waals surface area contributed by atoms with Gasteiger partial charge in [0, 0.05) is 17.9 Å². The molecule has 0 radical (unpaired) electrons. The maximum atomic E-state index is 12.5. The number of halogens is 1. The monoisotopic (exact) mass is 435 g/mol. The van der Waals surface area contributed by atoms with Gasteiger partial charge in [-0.1, -0.05) is 55.4 Å². The molecule has 1 unspecified atom stereocenters. The summed E-state index contributed by atoms with van der Waals surface area (Å²) in [6.45, 7) is 8.23. The summed E-state index contributed by atoms with van der Waals surface area (Å²) in [5.41, 5.74) is -0.217. The highest BCUT2D eigenvalue weighted by atomic mass is 127. The number of carbonyl (C=O) groups excluding carboxylic acids is 2. The zero-order chi connectivity index (χ0) is 17.2. The van der Waals surface area contributed by atoms with Crippen LogP contribution < -0.4 is 4.90 Å². The fraction of sp³-hybridized carbons (Fsp3) is 0.667. The molecule has 1 atom stereocenters. The molecule has 0 aliphatic carbocycles. The minimum absolute atomic E-state index is 0.217. The summed E-state index contributed by atoms with van der Waals surface area (Å²) in [4.78, 5) is 27.3. The number of carbonyl (C=O) groups is 2. The first-order chi connectivity index (χ1) is 10.8. The van der Waals surface area contributed by atoms with Crippen LogP contribution in [0.3, 0.4) is 0 Å². The molecule has 0 spiro atoms. The molecule has 23 heavy (non-hydrogen) atoms.